The van der Waals surface area contributed by atoms with Crippen molar-refractivity contribution in [3.05, 3.63) is 35.4 Å². The zero-order chi connectivity index (χ0) is 15.9. The molecule has 2 aromatic rings. The fraction of sp³-hybridized carbons (Fsp3) is 0.308. The number of halogens is 3. The lowest BCUT2D eigenvalue weighted by Crippen LogP contribution is -2.22. The van der Waals surface area contributed by atoms with Gasteiger partial charge in [-0.15, -0.1) is 5.10 Å². The number of benzene rings is 1. The molecule has 3 rings (SSSR count). The maximum absolute atomic E-state index is 13.2. The van der Waals surface area contributed by atoms with E-state index in [1.54, 1.807) is 0 Å². The molecule has 6 nitrogen and oxygen atoms in total. The first-order chi connectivity index (χ1) is 10.5. The van der Waals surface area contributed by atoms with Crippen LogP contribution in [0.4, 0.5) is 13.2 Å². The van der Waals surface area contributed by atoms with Crippen molar-refractivity contribution in [1.29, 1.82) is 0 Å². The highest BCUT2D eigenvalue weighted by atomic mass is 19.2. The molecule has 0 radical (unpaired) electrons. The Bertz CT molecular complexity index is 724. The van der Waals surface area contributed by atoms with E-state index in [1.165, 1.54) is 4.57 Å². The molecule has 0 fully saturated rings. The Morgan fingerprint density at radius 3 is 2.59 bits per heavy atom. The highest BCUT2D eigenvalue weighted by Gasteiger charge is 2.31. The summed E-state index contributed by atoms with van der Waals surface area (Å²) >= 11 is 0. The van der Waals surface area contributed by atoms with Crippen LogP contribution in [0, 0.1) is 17.5 Å². The van der Waals surface area contributed by atoms with Crippen LogP contribution in [0.5, 0.6) is 11.8 Å². The number of carbonyl (C=O) groups is 1. The van der Waals surface area contributed by atoms with Crippen LogP contribution < -0.4 is 4.74 Å². The number of hydrogen-bond acceptors (Lipinski definition) is 4. The Morgan fingerprint density at radius 2 is 1.95 bits per heavy atom. The van der Waals surface area contributed by atoms with Crippen LogP contribution in [0.1, 0.15) is 24.6 Å². The van der Waals surface area contributed by atoms with Crippen LogP contribution >= 0.6 is 0 Å². The summed E-state index contributed by atoms with van der Waals surface area (Å²) in [7, 11) is 0. The number of aliphatic carboxylic acids is 1. The quantitative estimate of drug-likeness (QED) is 0.881. The third-order valence-electron chi connectivity index (χ3n) is 3.40. The van der Waals surface area contributed by atoms with E-state index in [2.05, 4.69) is 10.2 Å². The number of ether oxygens (including phenoxy) is 1. The standard InChI is InChI=1S/C13H10F3N3O3/c14-8-4-6(5-9(15)10(8)16)22-13-18-17-11-7(12(20)21)2-1-3-19(11)13/h4-5,7H,1-3H2,(H,20,21). The van der Waals surface area contributed by atoms with Crippen molar-refractivity contribution in [2.24, 2.45) is 0 Å². The van der Waals surface area contributed by atoms with Gasteiger partial charge >= 0.3 is 12.0 Å². The molecule has 116 valence electrons. The first-order valence-electron chi connectivity index (χ1n) is 6.45. The number of rotatable bonds is 3. The van der Waals surface area contributed by atoms with Crippen LogP contribution in [0.25, 0.3) is 0 Å². The van der Waals surface area contributed by atoms with Gasteiger partial charge in [0, 0.05) is 18.7 Å². The van der Waals surface area contributed by atoms with Crippen molar-refractivity contribution in [2.75, 3.05) is 0 Å². The average molecular weight is 313 g/mol. The summed E-state index contributed by atoms with van der Waals surface area (Å²) in [5.74, 6) is -6.28. The van der Waals surface area contributed by atoms with E-state index < -0.39 is 29.3 Å². The van der Waals surface area contributed by atoms with Crippen molar-refractivity contribution in [2.45, 2.75) is 25.3 Å². The van der Waals surface area contributed by atoms with Gasteiger partial charge in [-0.2, -0.15) is 0 Å². The van der Waals surface area contributed by atoms with E-state index in [-0.39, 0.29) is 17.6 Å². The molecule has 1 aliphatic rings. The van der Waals surface area contributed by atoms with Crippen molar-refractivity contribution < 1.29 is 27.8 Å². The van der Waals surface area contributed by atoms with E-state index in [4.69, 9.17) is 9.84 Å². The lowest BCUT2D eigenvalue weighted by Gasteiger charge is -2.19. The fourth-order valence-corrected chi connectivity index (χ4v) is 2.36. The van der Waals surface area contributed by atoms with Crippen molar-refractivity contribution >= 4 is 5.97 Å². The molecule has 0 saturated carbocycles. The molecule has 0 bridgehead atoms. The molecular formula is C13H10F3N3O3. The van der Waals surface area contributed by atoms with E-state index >= 15 is 0 Å². The Hall–Kier alpha value is -2.58. The van der Waals surface area contributed by atoms with Gasteiger partial charge in [-0.3, -0.25) is 9.36 Å². The van der Waals surface area contributed by atoms with Crippen molar-refractivity contribution in [3.8, 4) is 11.8 Å². The normalized spacial score (nSPS) is 17.1. The average Bonchev–Trinajstić information content (AvgIpc) is 2.87. The highest BCUT2D eigenvalue weighted by molar-refractivity contribution is 5.75. The summed E-state index contributed by atoms with van der Waals surface area (Å²) < 4.78 is 45.9. The lowest BCUT2D eigenvalue weighted by atomic mass is 9.99. The van der Waals surface area contributed by atoms with E-state index in [0.717, 1.165) is 0 Å². The van der Waals surface area contributed by atoms with Crippen LogP contribution in [-0.2, 0) is 11.3 Å². The minimum atomic E-state index is -1.60. The van der Waals surface area contributed by atoms with Gasteiger partial charge in [0.1, 0.15) is 17.5 Å². The molecule has 9 heteroatoms. The maximum Gasteiger partial charge on any atom is 0.322 e. The van der Waals surface area contributed by atoms with Crippen LogP contribution in [-0.4, -0.2) is 25.8 Å². The van der Waals surface area contributed by atoms with Gasteiger partial charge in [-0.25, -0.2) is 13.2 Å². The minimum absolute atomic E-state index is 0.0913. The van der Waals surface area contributed by atoms with Crippen molar-refractivity contribution in [3.63, 3.8) is 0 Å². The molecule has 0 spiro atoms. The summed E-state index contributed by atoms with van der Waals surface area (Å²) in [5.41, 5.74) is 0. The van der Waals surface area contributed by atoms with Crippen LogP contribution in [0.3, 0.4) is 0 Å². The summed E-state index contributed by atoms with van der Waals surface area (Å²) in [6.07, 6.45) is 0.998. The molecule has 1 aliphatic heterocycles. The van der Waals surface area contributed by atoms with Crippen LogP contribution in [0.15, 0.2) is 12.1 Å². The minimum Gasteiger partial charge on any atom is -0.481 e. The maximum atomic E-state index is 13.2. The monoisotopic (exact) mass is 313 g/mol. The van der Waals surface area contributed by atoms with E-state index in [1.807, 2.05) is 0 Å². The molecule has 0 amide bonds. The second kappa shape index (κ2) is 5.32. The smallest absolute Gasteiger partial charge is 0.322 e. The molecule has 1 aromatic heterocycles. The summed E-state index contributed by atoms with van der Waals surface area (Å²) in [6, 6.07) is 1.26. The Kier molecular flexibility index (Phi) is 3.47. The molecule has 0 aliphatic carbocycles. The van der Waals surface area contributed by atoms with Gasteiger partial charge in [-0.05, 0) is 12.8 Å². The number of carboxylic acid groups (broad SMARTS) is 1. The first-order valence-corrected chi connectivity index (χ1v) is 6.45. The van der Waals surface area contributed by atoms with Crippen LogP contribution in [0.2, 0.25) is 0 Å². The third kappa shape index (κ3) is 2.38. The molecule has 1 unspecified atom stereocenters. The van der Waals surface area contributed by atoms with Gasteiger partial charge < -0.3 is 9.84 Å². The summed E-state index contributed by atoms with van der Waals surface area (Å²) in [5, 5.41) is 16.6. The SMILES string of the molecule is O=C(O)C1CCCn2c(Oc3cc(F)c(F)c(F)c3)nnc21. The first kappa shape index (κ1) is 14.4. The van der Waals surface area contributed by atoms with Gasteiger partial charge in [-0.1, -0.05) is 5.10 Å². The van der Waals surface area contributed by atoms with Gasteiger partial charge in [0.2, 0.25) is 0 Å². The van der Waals surface area contributed by atoms with Gasteiger partial charge in [0.25, 0.3) is 0 Å². The number of carboxylic acids is 1. The number of nitrogens with zero attached hydrogens (tertiary/aromatic N) is 3. The fourth-order valence-electron chi connectivity index (χ4n) is 2.36. The molecule has 1 atom stereocenters. The molecule has 1 N–H and O–H groups in total. The molecule has 1 aromatic carbocycles. The number of fused-ring (bicyclic) bond motifs is 1. The zero-order valence-corrected chi connectivity index (χ0v) is 11.1. The van der Waals surface area contributed by atoms with Gasteiger partial charge in [0.15, 0.2) is 17.5 Å². The molecule has 22 heavy (non-hydrogen) atoms. The Morgan fingerprint density at radius 1 is 1.27 bits per heavy atom. The second-order valence-electron chi connectivity index (χ2n) is 4.83. The topological polar surface area (TPSA) is 77.2 Å². The third-order valence-corrected chi connectivity index (χ3v) is 3.40. The largest absolute Gasteiger partial charge is 0.481 e. The van der Waals surface area contributed by atoms with E-state index in [9.17, 15) is 18.0 Å². The summed E-state index contributed by atoms with van der Waals surface area (Å²) in [6.45, 7) is 0.424. The second-order valence-corrected chi connectivity index (χ2v) is 4.83. The molecular weight excluding hydrogens is 303 g/mol. The predicted octanol–water partition coefficient (Wildman–Crippen LogP) is 2.45. The van der Waals surface area contributed by atoms with E-state index in [0.29, 0.717) is 31.5 Å². The van der Waals surface area contributed by atoms with Crippen molar-refractivity contribution in [1.82, 2.24) is 14.8 Å². The summed E-state index contributed by atoms with van der Waals surface area (Å²) in [4.78, 5) is 11.1. The highest BCUT2D eigenvalue weighted by Crippen LogP contribution is 2.31. The number of aromatic nitrogens is 3. The predicted molar refractivity (Wildman–Crippen MR) is 66.0 cm³/mol. The lowest BCUT2D eigenvalue weighted by molar-refractivity contribution is -0.139. The van der Waals surface area contributed by atoms with Gasteiger partial charge in [0.05, 0.1) is 0 Å². The Balaban J connectivity index is 1.93. The zero-order valence-electron chi connectivity index (χ0n) is 11.1. The number of hydrogen-bond donors (Lipinski definition) is 1. The Labute approximate surface area is 122 Å². The molecule has 2 heterocycles. The molecule has 0 saturated heterocycles.